The van der Waals surface area contributed by atoms with Crippen LogP contribution in [0.4, 0.5) is 0 Å². The molecule has 0 unspecified atom stereocenters. The average molecular weight is 223 g/mol. The standard InChI is InChI=1S/C12H17NO3/c1-13(2)7-9-4-10(8-14)6-11(5-9)12(15)16-3/h4-6,14H,7-8H2,1-3H3. The van der Waals surface area contributed by atoms with Crippen LogP contribution >= 0.6 is 0 Å². The maximum atomic E-state index is 11.4. The molecule has 0 fully saturated rings. The Hall–Kier alpha value is -1.39. The molecule has 1 rings (SSSR count). The molecule has 0 radical (unpaired) electrons. The molecule has 0 aromatic heterocycles. The van der Waals surface area contributed by atoms with Crippen molar-refractivity contribution >= 4 is 5.97 Å². The predicted molar refractivity (Wildman–Crippen MR) is 61.1 cm³/mol. The van der Waals surface area contributed by atoms with E-state index in [1.165, 1.54) is 7.11 Å². The summed E-state index contributed by atoms with van der Waals surface area (Å²) in [6, 6.07) is 5.31. The van der Waals surface area contributed by atoms with Crippen molar-refractivity contribution < 1.29 is 14.6 Å². The van der Waals surface area contributed by atoms with Gasteiger partial charge in [-0.25, -0.2) is 4.79 Å². The Morgan fingerprint density at radius 3 is 2.44 bits per heavy atom. The molecule has 0 saturated carbocycles. The molecular formula is C12H17NO3. The molecule has 0 aliphatic heterocycles. The smallest absolute Gasteiger partial charge is 0.337 e. The number of ether oxygens (including phenoxy) is 1. The summed E-state index contributed by atoms with van der Waals surface area (Å²) in [4.78, 5) is 13.4. The Morgan fingerprint density at radius 2 is 1.94 bits per heavy atom. The molecule has 0 spiro atoms. The monoisotopic (exact) mass is 223 g/mol. The van der Waals surface area contributed by atoms with E-state index in [0.717, 1.165) is 17.7 Å². The summed E-state index contributed by atoms with van der Waals surface area (Å²) >= 11 is 0. The lowest BCUT2D eigenvalue weighted by molar-refractivity contribution is 0.0600. The Labute approximate surface area is 95.5 Å². The quantitative estimate of drug-likeness (QED) is 0.774. The normalized spacial score (nSPS) is 10.6. The second-order valence-electron chi connectivity index (χ2n) is 3.93. The van der Waals surface area contributed by atoms with Gasteiger partial charge in [-0.15, -0.1) is 0 Å². The molecule has 0 amide bonds. The van der Waals surface area contributed by atoms with Crippen LogP contribution < -0.4 is 0 Å². The minimum Gasteiger partial charge on any atom is -0.465 e. The van der Waals surface area contributed by atoms with Crippen molar-refractivity contribution in [1.82, 2.24) is 4.90 Å². The molecule has 4 nitrogen and oxygen atoms in total. The summed E-state index contributed by atoms with van der Waals surface area (Å²) in [5.41, 5.74) is 2.18. The van der Waals surface area contributed by atoms with Gasteiger partial charge in [0, 0.05) is 6.54 Å². The van der Waals surface area contributed by atoms with Crippen molar-refractivity contribution in [3.63, 3.8) is 0 Å². The predicted octanol–water partition coefficient (Wildman–Crippen LogP) is 1.03. The van der Waals surface area contributed by atoms with Gasteiger partial charge < -0.3 is 14.7 Å². The van der Waals surface area contributed by atoms with E-state index in [4.69, 9.17) is 5.11 Å². The molecule has 0 heterocycles. The number of nitrogens with zero attached hydrogens (tertiary/aromatic N) is 1. The van der Waals surface area contributed by atoms with E-state index < -0.39 is 0 Å². The molecule has 0 aliphatic rings. The minimum absolute atomic E-state index is 0.0781. The molecule has 4 heteroatoms. The number of aliphatic hydroxyl groups excluding tert-OH is 1. The van der Waals surface area contributed by atoms with Crippen LogP contribution in [0.25, 0.3) is 0 Å². The molecule has 0 saturated heterocycles. The lowest BCUT2D eigenvalue weighted by Gasteiger charge is -2.12. The Morgan fingerprint density at radius 1 is 1.31 bits per heavy atom. The topological polar surface area (TPSA) is 49.8 Å². The van der Waals surface area contributed by atoms with Crippen molar-refractivity contribution in [1.29, 1.82) is 0 Å². The van der Waals surface area contributed by atoms with Crippen molar-refractivity contribution in [3.05, 3.63) is 34.9 Å². The summed E-state index contributed by atoms with van der Waals surface area (Å²) in [5.74, 6) is -0.379. The van der Waals surface area contributed by atoms with Crippen LogP contribution in [0.2, 0.25) is 0 Å². The number of aliphatic hydroxyl groups is 1. The molecule has 88 valence electrons. The van der Waals surface area contributed by atoms with Gasteiger partial charge in [-0.1, -0.05) is 6.07 Å². The summed E-state index contributed by atoms with van der Waals surface area (Å²) in [6.45, 7) is 0.642. The third-order valence-corrected chi connectivity index (χ3v) is 2.16. The number of hydrogen-bond acceptors (Lipinski definition) is 4. The summed E-state index contributed by atoms with van der Waals surface area (Å²) < 4.78 is 4.66. The molecular weight excluding hydrogens is 206 g/mol. The fourth-order valence-corrected chi connectivity index (χ4v) is 1.55. The third kappa shape index (κ3) is 3.32. The zero-order valence-electron chi connectivity index (χ0n) is 9.86. The zero-order chi connectivity index (χ0) is 12.1. The highest BCUT2D eigenvalue weighted by Crippen LogP contribution is 2.13. The molecule has 1 aromatic rings. The number of carbonyl (C=O) groups excluding carboxylic acids is 1. The lowest BCUT2D eigenvalue weighted by Crippen LogP contribution is -2.12. The molecule has 16 heavy (non-hydrogen) atoms. The van der Waals surface area contributed by atoms with E-state index in [-0.39, 0.29) is 12.6 Å². The van der Waals surface area contributed by atoms with Crippen molar-refractivity contribution in [2.45, 2.75) is 13.2 Å². The summed E-state index contributed by atoms with van der Waals surface area (Å²) in [6.07, 6.45) is 0. The molecule has 1 aromatic carbocycles. The number of carbonyl (C=O) groups is 1. The third-order valence-electron chi connectivity index (χ3n) is 2.16. The van der Waals surface area contributed by atoms with Crippen LogP contribution in [0.5, 0.6) is 0 Å². The first-order valence-corrected chi connectivity index (χ1v) is 5.03. The molecule has 0 atom stereocenters. The first-order valence-electron chi connectivity index (χ1n) is 5.03. The Kier molecular flexibility index (Phi) is 4.46. The van der Waals surface area contributed by atoms with Crippen molar-refractivity contribution in [2.75, 3.05) is 21.2 Å². The van der Waals surface area contributed by atoms with Crippen molar-refractivity contribution in [3.8, 4) is 0 Å². The SMILES string of the molecule is COC(=O)c1cc(CO)cc(CN(C)C)c1. The van der Waals surface area contributed by atoms with Crippen LogP contribution in [-0.2, 0) is 17.9 Å². The van der Waals surface area contributed by atoms with Crippen LogP contribution in [-0.4, -0.2) is 37.2 Å². The van der Waals surface area contributed by atoms with Gasteiger partial charge in [-0.05, 0) is 37.4 Å². The second-order valence-corrected chi connectivity index (χ2v) is 3.93. The van der Waals surface area contributed by atoms with Gasteiger partial charge in [0.25, 0.3) is 0 Å². The maximum absolute atomic E-state index is 11.4. The van der Waals surface area contributed by atoms with E-state index in [1.54, 1.807) is 12.1 Å². The van der Waals surface area contributed by atoms with Gasteiger partial charge in [0.1, 0.15) is 0 Å². The highest BCUT2D eigenvalue weighted by atomic mass is 16.5. The first-order chi connectivity index (χ1) is 7.56. The van der Waals surface area contributed by atoms with Crippen LogP contribution in [0, 0.1) is 0 Å². The van der Waals surface area contributed by atoms with E-state index in [1.807, 2.05) is 25.1 Å². The largest absolute Gasteiger partial charge is 0.465 e. The van der Waals surface area contributed by atoms with E-state index >= 15 is 0 Å². The van der Waals surface area contributed by atoms with E-state index in [0.29, 0.717) is 5.56 Å². The summed E-state index contributed by atoms with van der Waals surface area (Å²) in [5, 5.41) is 9.11. The molecule has 0 aliphatic carbocycles. The van der Waals surface area contributed by atoms with Crippen molar-refractivity contribution in [2.24, 2.45) is 0 Å². The lowest BCUT2D eigenvalue weighted by atomic mass is 10.1. The molecule has 1 N–H and O–H groups in total. The number of methoxy groups -OCH3 is 1. The van der Waals surface area contributed by atoms with Gasteiger partial charge in [0.05, 0.1) is 19.3 Å². The van der Waals surface area contributed by atoms with Crippen LogP contribution in [0.15, 0.2) is 18.2 Å². The van der Waals surface area contributed by atoms with Gasteiger partial charge in [0.2, 0.25) is 0 Å². The van der Waals surface area contributed by atoms with Gasteiger partial charge in [-0.2, -0.15) is 0 Å². The highest BCUT2D eigenvalue weighted by Gasteiger charge is 2.08. The van der Waals surface area contributed by atoms with Crippen LogP contribution in [0.1, 0.15) is 21.5 Å². The number of hydrogen-bond donors (Lipinski definition) is 1. The van der Waals surface area contributed by atoms with E-state index in [2.05, 4.69) is 4.74 Å². The fourth-order valence-electron chi connectivity index (χ4n) is 1.55. The van der Waals surface area contributed by atoms with E-state index in [9.17, 15) is 4.79 Å². The fraction of sp³-hybridized carbons (Fsp3) is 0.417. The Balaban J connectivity index is 3.05. The van der Waals surface area contributed by atoms with Crippen LogP contribution in [0.3, 0.4) is 0 Å². The van der Waals surface area contributed by atoms with Gasteiger partial charge >= 0.3 is 5.97 Å². The van der Waals surface area contributed by atoms with Gasteiger partial charge in [0.15, 0.2) is 0 Å². The second kappa shape index (κ2) is 5.63. The number of benzene rings is 1. The first kappa shape index (κ1) is 12.7. The Bertz CT molecular complexity index is 375. The number of rotatable bonds is 4. The van der Waals surface area contributed by atoms with Gasteiger partial charge in [-0.3, -0.25) is 0 Å². The number of esters is 1. The maximum Gasteiger partial charge on any atom is 0.337 e. The summed E-state index contributed by atoms with van der Waals surface area (Å²) in [7, 11) is 5.24. The zero-order valence-corrected chi connectivity index (χ0v) is 9.86. The molecule has 0 bridgehead atoms. The average Bonchev–Trinajstić information content (AvgIpc) is 2.26. The highest BCUT2D eigenvalue weighted by molar-refractivity contribution is 5.89. The minimum atomic E-state index is -0.379.